The highest BCUT2D eigenvalue weighted by Crippen LogP contribution is 2.08. The van der Waals surface area contributed by atoms with Crippen molar-refractivity contribution < 1.29 is 4.74 Å². The van der Waals surface area contributed by atoms with Gasteiger partial charge in [-0.2, -0.15) is 0 Å². The largest absolute Gasteiger partial charge is 0.380 e. The first-order chi connectivity index (χ1) is 8.15. The topological polar surface area (TPSA) is 12.5 Å². The van der Waals surface area contributed by atoms with Gasteiger partial charge in [0, 0.05) is 31.6 Å². The molecule has 0 saturated heterocycles. The molecule has 0 aromatic heterocycles. The van der Waals surface area contributed by atoms with E-state index < -0.39 is 0 Å². The van der Waals surface area contributed by atoms with Gasteiger partial charge in [-0.15, -0.1) is 11.6 Å². The summed E-state index contributed by atoms with van der Waals surface area (Å²) in [6.07, 6.45) is 3.54. The van der Waals surface area contributed by atoms with Crippen LogP contribution in [0.2, 0.25) is 0 Å². The molecule has 0 saturated carbocycles. The van der Waals surface area contributed by atoms with Crippen LogP contribution in [0.25, 0.3) is 0 Å². The van der Waals surface area contributed by atoms with Gasteiger partial charge in [-0.3, -0.25) is 4.90 Å². The lowest BCUT2D eigenvalue weighted by Gasteiger charge is -2.29. The second-order valence-electron chi connectivity index (χ2n) is 4.99. The Balaban J connectivity index is 3.76. The maximum Gasteiger partial charge on any atom is 0.0593 e. The number of hydrogen-bond acceptors (Lipinski definition) is 2. The molecule has 3 heteroatoms. The molecule has 0 rings (SSSR count). The summed E-state index contributed by atoms with van der Waals surface area (Å²) in [6.45, 7) is 12.7. The summed E-state index contributed by atoms with van der Waals surface area (Å²) in [5.74, 6) is 1.44. The third kappa shape index (κ3) is 8.87. The van der Waals surface area contributed by atoms with Crippen LogP contribution in [-0.4, -0.2) is 43.1 Å². The fraction of sp³-hybridized carbons (Fsp3) is 1.00. The Morgan fingerprint density at radius 1 is 1.06 bits per heavy atom. The lowest BCUT2D eigenvalue weighted by Crippen LogP contribution is -2.38. The molecule has 104 valence electrons. The summed E-state index contributed by atoms with van der Waals surface area (Å²) in [7, 11) is 0. The average molecular weight is 264 g/mol. The van der Waals surface area contributed by atoms with Gasteiger partial charge in [-0.05, 0) is 25.2 Å². The fourth-order valence-corrected chi connectivity index (χ4v) is 2.21. The summed E-state index contributed by atoms with van der Waals surface area (Å²) in [5, 5.41) is 0. The number of alkyl halides is 1. The van der Waals surface area contributed by atoms with Crippen LogP contribution in [-0.2, 0) is 4.74 Å². The molecule has 2 nitrogen and oxygen atoms in total. The smallest absolute Gasteiger partial charge is 0.0593 e. The zero-order valence-electron chi connectivity index (χ0n) is 12.0. The molecule has 0 aliphatic carbocycles. The standard InChI is InChI=1S/C14H30ClNO/c1-5-14(6-2)16(9-8-15)10-12-17-11-7-13(3)4/h13-14H,5-12H2,1-4H3. The second kappa shape index (κ2) is 11.3. The highest BCUT2D eigenvalue weighted by Gasteiger charge is 2.13. The molecule has 0 aliphatic heterocycles. The summed E-state index contributed by atoms with van der Waals surface area (Å²) in [5.41, 5.74) is 0. The van der Waals surface area contributed by atoms with Crippen molar-refractivity contribution >= 4 is 11.6 Å². The predicted molar refractivity (Wildman–Crippen MR) is 76.9 cm³/mol. The minimum atomic E-state index is 0.655. The van der Waals surface area contributed by atoms with Gasteiger partial charge in [0.1, 0.15) is 0 Å². The van der Waals surface area contributed by atoms with Gasteiger partial charge in [0.25, 0.3) is 0 Å². The van der Waals surface area contributed by atoms with Gasteiger partial charge in [-0.1, -0.05) is 27.7 Å². The Morgan fingerprint density at radius 2 is 1.71 bits per heavy atom. The molecule has 0 amide bonds. The zero-order valence-corrected chi connectivity index (χ0v) is 12.8. The normalized spacial score (nSPS) is 12.0. The Morgan fingerprint density at radius 3 is 2.18 bits per heavy atom. The molecule has 0 unspecified atom stereocenters. The third-order valence-electron chi connectivity index (χ3n) is 3.19. The van der Waals surface area contributed by atoms with E-state index in [1.807, 2.05) is 0 Å². The molecule has 0 bridgehead atoms. The highest BCUT2D eigenvalue weighted by atomic mass is 35.5. The van der Waals surface area contributed by atoms with Crippen molar-refractivity contribution in [3.63, 3.8) is 0 Å². The first-order valence-corrected chi connectivity index (χ1v) is 7.56. The van der Waals surface area contributed by atoms with Crippen molar-refractivity contribution in [1.82, 2.24) is 4.90 Å². The van der Waals surface area contributed by atoms with Crippen LogP contribution in [0.4, 0.5) is 0 Å². The predicted octanol–water partition coefficient (Wildman–Crippen LogP) is 3.78. The number of nitrogens with zero attached hydrogens (tertiary/aromatic N) is 1. The molecule has 0 aromatic carbocycles. The van der Waals surface area contributed by atoms with E-state index in [2.05, 4.69) is 32.6 Å². The van der Waals surface area contributed by atoms with E-state index in [0.29, 0.717) is 11.9 Å². The van der Waals surface area contributed by atoms with E-state index in [1.54, 1.807) is 0 Å². The van der Waals surface area contributed by atoms with Gasteiger partial charge in [0.2, 0.25) is 0 Å². The SMILES string of the molecule is CCC(CC)N(CCCl)CCOCCC(C)C. The summed E-state index contributed by atoms with van der Waals surface area (Å²) in [6, 6.07) is 0.655. The van der Waals surface area contributed by atoms with Gasteiger partial charge < -0.3 is 4.74 Å². The van der Waals surface area contributed by atoms with Gasteiger partial charge in [0.05, 0.1) is 6.61 Å². The lowest BCUT2D eigenvalue weighted by molar-refractivity contribution is 0.0813. The quantitative estimate of drug-likeness (QED) is 0.416. The van der Waals surface area contributed by atoms with Crippen molar-refractivity contribution in [2.45, 2.75) is 53.0 Å². The first kappa shape index (κ1) is 17.2. The highest BCUT2D eigenvalue weighted by molar-refractivity contribution is 6.18. The summed E-state index contributed by atoms with van der Waals surface area (Å²) in [4.78, 5) is 2.46. The summed E-state index contributed by atoms with van der Waals surface area (Å²) >= 11 is 5.85. The molecule has 0 radical (unpaired) electrons. The van der Waals surface area contributed by atoms with E-state index >= 15 is 0 Å². The number of ether oxygens (including phenoxy) is 1. The number of halogens is 1. The molecule has 0 atom stereocenters. The number of hydrogen-bond donors (Lipinski definition) is 0. The molecule has 0 fully saturated rings. The Hall–Kier alpha value is 0.210. The van der Waals surface area contributed by atoms with Gasteiger partial charge in [-0.25, -0.2) is 0 Å². The molecule has 17 heavy (non-hydrogen) atoms. The fourth-order valence-electron chi connectivity index (χ4n) is 1.99. The van der Waals surface area contributed by atoms with Crippen LogP contribution >= 0.6 is 11.6 Å². The van der Waals surface area contributed by atoms with Crippen LogP contribution in [0.1, 0.15) is 47.0 Å². The van der Waals surface area contributed by atoms with Crippen LogP contribution in [0.5, 0.6) is 0 Å². The van der Waals surface area contributed by atoms with Crippen LogP contribution < -0.4 is 0 Å². The van der Waals surface area contributed by atoms with Crippen molar-refractivity contribution in [2.75, 3.05) is 32.2 Å². The van der Waals surface area contributed by atoms with Crippen LogP contribution in [0.3, 0.4) is 0 Å². The molecule has 0 aromatic rings. The van der Waals surface area contributed by atoms with Crippen molar-refractivity contribution in [1.29, 1.82) is 0 Å². The van der Waals surface area contributed by atoms with Crippen molar-refractivity contribution in [3.05, 3.63) is 0 Å². The zero-order chi connectivity index (χ0) is 13.1. The number of rotatable bonds is 11. The van der Waals surface area contributed by atoms with Crippen LogP contribution in [0, 0.1) is 5.92 Å². The Labute approximate surface area is 113 Å². The van der Waals surface area contributed by atoms with E-state index in [0.717, 1.165) is 38.6 Å². The van der Waals surface area contributed by atoms with E-state index in [9.17, 15) is 0 Å². The summed E-state index contributed by atoms with van der Waals surface area (Å²) < 4.78 is 5.68. The second-order valence-corrected chi connectivity index (χ2v) is 5.37. The third-order valence-corrected chi connectivity index (χ3v) is 3.36. The molecular formula is C14H30ClNO. The molecule has 0 spiro atoms. The Bertz CT molecular complexity index is 160. The molecule has 0 heterocycles. The Kier molecular flexibility index (Phi) is 11.4. The van der Waals surface area contributed by atoms with Crippen LogP contribution in [0.15, 0.2) is 0 Å². The van der Waals surface area contributed by atoms with Gasteiger partial charge in [0.15, 0.2) is 0 Å². The average Bonchev–Trinajstić information content (AvgIpc) is 2.29. The molecular weight excluding hydrogens is 234 g/mol. The van der Waals surface area contributed by atoms with Crippen molar-refractivity contribution in [3.8, 4) is 0 Å². The minimum Gasteiger partial charge on any atom is -0.380 e. The lowest BCUT2D eigenvalue weighted by atomic mass is 10.1. The van der Waals surface area contributed by atoms with E-state index in [-0.39, 0.29) is 0 Å². The molecule has 0 N–H and O–H groups in total. The maximum absolute atomic E-state index is 5.85. The monoisotopic (exact) mass is 263 g/mol. The van der Waals surface area contributed by atoms with Gasteiger partial charge >= 0.3 is 0 Å². The van der Waals surface area contributed by atoms with E-state index in [4.69, 9.17) is 16.3 Å². The molecule has 0 aliphatic rings. The maximum atomic E-state index is 5.85. The minimum absolute atomic E-state index is 0.655. The first-order valence-electron chi connectivity index (χ1n) is 7.03. The van der Waals surface area contributed by atoms with Crippen molar-refractivity contribution in [2.24, 2.45) is 5.92 Å². The van der Waals surface area contributed by atoms with E-state index in [1.165, 1.54) is 12.8 Å².